The molecule has 0 radical (unpaired) electrons. The third-order valence-electron chi connectivity index (χ3n) is 4.24. The van der Waals surface area contributed by atoms with E-state index in [0.717, 1.165) is 31.6 Å². The number of aryl methyl sites for hydroxylation is 1. The second kappa shape index (κ2) is 11.2. The van der Waals surface area contributed by atoms with Crippen LogP contribution in [0.4, 0.5) is 0 Å². The van der Waals surface area contributed by atoms with Crippen LogP contribution in [-0.4, -0.2) is 51.6 Å². The number of hydrogen-bond donors (Lipinski definition) is 2. The van der Waals surface area contributed by atoms with Gasteiger partial charge in [0.25, 0.3) is 0 Å². The summed E-state index contributed by atoms with van der Waals surface area (Å²) in [6.45, 7) is 8.98. The molecule has 0 saturated heterocycles. The zero-order chi connectivity index (χ0) is 20.3. The molecule has 27 heavy (non-hydrogen) atoms. The van der Waals surface area contributed by atoms with E-state index in [1.807, 2.05) is 19.1 Å². The number of guanidine groups is 1. The molecule has 1 aromatic rings. The molecule has 0 unspecified atom stereocenters. The van der Waals surface area contributed by atoms with E-state index >= 15 is 0 Å². The number of rotatable bonds is 10. The van der Waals surface area contributed by atoms with Crippen LogP contribution in [0.1, 0.15) is 46.1 Å². The number of hydrogen-bond acceptors (Lipinski definition) is 4. The van der Waals surface area contributed by atoms with E-state index in [-0.39, 0.29) is 5.75 Å². The van der Waals surface area contributed by atoms with Gasteiger partial charge in [-0.1, -0.05) is 12.1 Å². The number of ether oxygens (including phenoxy) is 1. The minimum absolute atomic E-state index is 0.0956. The SMILES string of the molecule is CCNC(=NCCCCc1ccc(OC)cc1)NCCS(=O)(=O)C(C)(C)C. The van der Waals surface area contributed by atoms with Crippen molar-refractivity contribution in [1.29, 1.82) is 0 Å². The Hall–Kier alpha value is -1.76. The largest absolute Gasteiger partial charge is 0.497 e. The van der Waals surface area contributed by atoms with Crippen LogP contribution in [0.15, 0.2) is 29.3 Å². The first-order valence-corrected chi connectivity index (χ1v) is 11.2. The van der Waals surface area contributed by atoms with Gasteiger partial charge in [-0.05, 0) is 64.7 Å². The highest BCUT2D eigenvalue weighted by molar-refractivity contribution is 7.92. The monoisotopic (exact) mass is 397 g/mol. The highest BCUT2D eigenvalue weighted by Crippen LogP contribution is 2.15. The summed E-state index contributed by atoms with van der Waals surface area (Å²) in [5.74, 6) is 1.64. The number of aliphatic imine (C=N–C) groups is 1. The van der Waals surface area contributed by atoms with Crippen molar-refractivity contribution >= 4 is 15.8 Å². The van der Waals surface area contributed by atoms with Gasteiger partial charge in [0.05, 0.1) is 17.6 Å². The Kier molecular flexibility index (Phi) is 9.63. The molecule has 0 aromatic heterocycles. The van der Waals surface area contributed by atoms with Crippen molar-refractivity contribution < 1.29 is 13.2 Å². The Morgan fingerprint density at radius 3 is 2.33 bits per heavy atom. The van der Waals surface area contributed by atoms with Gasteiger partial charge in [0, 0.05) is 19.6 Å². The first kappa shape index (κ1) is 23.3. The van der Waals surface area contributed by atoms with Crippen LogP contribution in [0.5, 0.6) is 5.75 Å². The van der Waals surface area contributed by atoms with Crippen LogP contribution < -0.4 is 15.4 Å². The summed E-state index contributed by atoms with van der Waals surface area (Å²) in [7, 11) is -1.46. The van der Waals surface area contributed by atoms with Gasteiger partial charge in [-0.3, -0.25) is 4.99 Å². The molecular weight excluding hydrogens is 362 g/mol. The summed E-state index contributed by atoms with van der Waals surface area (Å²) < 4.78 is 28.7. The lowest BCUT2D eigenvalue weighted by atomic mass is 10.1. The maximum Gasteiger partial charge on any atom is 0.191 e. The van der Waals surface area contributed by atoms with Crippen molar-refractivity contribution in [2.45, 2.75) is 51.7 Å². The summed E-state index contributed by atoms with van der Waals surface area (Å²) in [6, 6.07) is 8.13. The van der Waals surface area contributed by atoms with Gasteiger partial charge >= 0.3 is 0 Å². The fourth-order valence-electron chi connectivity index (χ4n) is 2.38. The van der Waals surface area contributed by atoms with E-state index in [0.29, 0.717) is 19.0 Å². The van der Waals surface area contributed by atoms with E-state index in [1.165, 1.54) is 5.56 Å². The molecule has 6 nitrogen and oxygen atoms in total. The van der Waals surface area contributed by atoms with Crippen molar-refractivity contribution in [1.82, 2.24) is 10.6 Å². The topological polar surface area (TPSA) is 79.8 Å². The number of benzene rings is 1. The van der Waals surface area contributed by atoms with Crippen LogP contribution in [0, 0.1) is 0 Å². The molecule has 0 saturated carbocycles. The molecule has 1 aromatic carbocycles. The second-order valence-corrected chi connectivity index (χ2v) is 10.3. The average molecular weight is 398 g/mol. The van der Waals surface area contributed by atoms with Gasteiger partial charge in [-0.15, -0.1) is 0 Å². The quantitative estimate of drug-likeness (QED) is 0.360. The Morgan fingerprint density at radius 1 is 1.11 bits per heavy atom. The van der Waals surface area contributed by atoms with E-state index < -0.39 is 14.6 Å². The molecule has 2 N–H and O–H groups in total. The average Bonchev–Trinajstić information content (AvgIpc) is 2.60. The molecule has 0 aliphatic carbocycles. The number of unbranched alkanes of at least 4 members (excludes halogenated alkanes) is 1. The molecule has 7 heteroatoms. The Morgan fingerprint density at radius 2 is 1.78 bits per heavy atom. The molecular formula is C20H35N3O3S. The van der Waals surface area contributed by atoms with Crippen LogP contribution in [0.3, 0.4) is 0 Å². The van der Waals surface area contributed by atoms with Crippen LogP contribution in [0.2, 0.25) is 0 Å². The summed E-state index contributed by atoms with van der Waals surface area (Å²) in [6.07, 6.45) is 3.03. The zero-order valence-electron chi connectivity index (χ0n) is 17.3. The highest BCUT2D eigenvalue weighted by Gasteiger charge is 2.28. The molecule has 0 bridgehead atoms. The smallest absolute Gasteiger partial charge is 0.191 e. The van der Waals surface area contributed by atoms with Gasteiger partial charge < -0.3 is 15.4 Å². The normalized spacial score (nSPS) is 12.7. The number of nitrogens with one attached hydrogen (secondary N) is 2. The van der Waals surface area contributed by atoms with Gasteiger partial charge in [-0.2, -0.15) is 0 Å². The highest BCUT2D eigenvalue weighted by atomic mass is 32.2. The van der Waals surface area contributed by atoms with E-state index in [1.54, 1.807) is 27.9 Å². The Labute approximate surface area is 164 Å². The third kappa shape index (κ3) is 8.65. The van der Waals surface area contributed by atoms with Gasteiger partial charge in [0.1, 0.15) is 5.75 Å². The van der Waals surface area contributed by atoms with Crippen LogP contribution >= 0.6 is 0 Å². The van der Waals surface area contributed by atoms with Crippen molar-refractivity contribution in [2.24, 2.45) is 4.99 Å². The number of nitrogens with zero attached hydrogens (tertiary/aromatic N) is 1. The molecule has 1 rings (SSSR count). The summed E-state index contributed by atoms with van der Waals surface area (Å²) in [4.78, 5) is 4.53. The summed E-state index contributed by atoms with van der Waals surface area (Å²) in [5.41, 5.74) is 1.29. The van der Waals surface area contributed by atoms with Crippen LogP contribution in [0.25, 0.3) is 0 Å². The predicted molar refractivity (Wildman–Crippen MR) is 113 cm³/mol. The molecule has 0 fully saturated rings. The first-order chi connectivity index (χ1) is 12.7. The van der Waals surface area contributed by atoms with Crippen molar-refractivity contribution in [2.75, 3.05) is 32.5 Å². The molecule has 0 aliphatic heterocycles. The predicted octanol–water partition coefficient (Wildman–Crippen LogP) is 2.79. The van der Waals surface area contributed by atoms with E-state index in [9.17, 15) is 8.42 Å². The van der Waals surface area contributed by atoms with Crippen LogP contribution in [-0.2, 0) is 16.3 Å². The minimum atomic E-state index is -3.13. The Balaban J connectivity index is 2.38. The molecule has 0 aliphatic rings. The van der Waals surface area contributed by atoms with Gasteiger partial charge in [0.2, 0.25) is 0 Å². The standard InChI is InChI=1S/C20H35N3O3S/c1-6-21-19(23-15-16-27(24,25)20(2,3)4)22-14-8-7-9-17-10-12-18(26-5)13-11-17/h10-13H,6-9,14-16H2,1-5H3,(H2,21,22,23). The first-order valence-electron chi connectivity index (χ1n) is 9.57. The maximum absolute atomic E-state index is 12.2. The van der Waals surface area contributed by atoms with E-state index in [4.69, 9.17) is 4.74 Å². The molecule has 154 valence electrons. The Bertz CT molecular complexity index is 677. The van der Waals surface area contributed by atoms with Crippen molar-refractivity contribution in [3.8, 4) is 5.75 Å². The lowest BCUT2D eigenvalue weighted by Crippen LogP contribution is -2.41. The summed E-state index contributed by atoms with van der Waals surface area (Å²) >= 11 is 0. The number of methoxy groups -OCH3 is 1. The fraction of sp³-hybridized carbons (Fsp3) is 0.650. The van der Waals surface area contributed by atoms with Gasteiger partial charge in [-0.25, -0.2) is 8.42 Å². The van der Waals surface area contributed by atoms with Gasteiger partial charge in [0.15, 0.2) is 15.8 Å². The molecule has 0 spiro atoms. The molecule has 0 atom stereocenters. The fourth-order valence-corrected chi connectivity index (χ4v) is 3.36. The molecule has 0 heterocycles. The lowest BCUT2D eigenvalue weighted by molar-refractivity contribution is 0.414. The lowest BCUT2D eigenvalue weighted by Gasteiger charge is -2.19. The number of sulfone groups is 1. The zero-order valence-corrected chi connectivity index (χ0v) is 18.2. The maximum atomic E-state index is 12.2. The third-order valence-corrected chi connectivity index (χ3v) is 6.85. The van der Waals surface area contributed by atoms with Crippen molar-refractivity contribution in [3.63, 3.8) is 0 Å². The molecule has 0 amide bonds. The minimum Gasteiger partial charge on any atom is -0.497 e. The van der Waals surface area contributed by atoms with E-state index in [2.05, 4.69) is 27.8 Å². The summed E-state index contributed by atoms with van der Waals surface area (Å²) in [5, 5.41) is 6.28. The second-order valence-electron chi connectivity index (χ2n) is 7.42. The van der Waals surface area contributed by atoms with Crippen molar-refractivity contribution in [3.05, 3.63) is 29.8 Å².